The zero-order valence-corrected chi connectivity index (χ0v) is 21.0. The van der Waals surface area contributed by atoms with E-state index >= 15 is 0 Å². The average molecular weight is 528 g/mol. The highest BCUT2D eigenvalue weighted by Crippen LogP contribution is 2.26. The summed E-state index contributed by atoms with van der Waals surface area (Å²) in [5.41, 5.74) is 0.326. The van der Waals surface area contributed by atoms with Gasteiger partial charge in [-0.2, -0.15) is 9.36 Å². The summed E-state index contributed by atoms with van der Waals surface area (Å²) in [6.45, 7) is 2.35. The minimum atomic E-state index is -0.624. The number of methoxy groups -OCH3 is 1. The zero-order chi connectivity index (χ0) is 25.7. The van der Waals surface area contributed by atoms with Crippen molar-refractivity contribution in [1.29, 1.82) is 0 Å². The molecule has 10 nitrogen and oxygen atoms in total. The predicted octanol–water partition coefficient (Wildman–Crippen LogP) is 4.30. The average Bonchev–Trinajstić information content (AvgIpc) is 3.34. The van der Waals surface area contributed by atoms with E-state index in [1.807, 2.05) is 19.1 Å². The van der Waals surface area contributed by atoms with Gasteiger partial charge in [0.2, 0.25) is 11.8 Å². The summed E-state index contributed by atoms with van der Waals surface area (Å²) >= 11 is 6.96. The smallest absolute Gasteiger partial charge is 0.354 e. The van der Waals surface area contributed by atoms with E-state index in [1.165, 1.54) is 17.7 Å². The third-order valence-corrected chi connectivity index (χ3v) is 6.06. The molecular formula is C24H22ClN5O5S. The van der Waals surface area contributed by atoms with Crippen LogP contribution in [0.3, 0.4) is 0 Å². The first-order chi connectivity index (χ1) is 17.4. The van der Waals surface area contributed by atoms with E-state index in [2.05, 4.69) is 19.4 Å². The van der Waals surface area contributed by atoms with Crippen LogP contribution in [0.1, 0.15) is 28.6 Å². The molecule has 0 aliphatic rings. The highest BCUT2D eigenvalue weighted by Gasteiger charge is 2.15. The maximum Gasteiger partial charge on any atom is 0.354 e. The quantitative estimate of drug-likeness (QED) is 0.320. The van der Waals surface area contributed by atoms with E-state index in [0.29, 0.717) is 27.8 Å². The number of aromatic nitrogens is 4. The minimum Gasteiger partial charge on any atom is -0.465 e. The second-order valence-corrected chi connectivity index (χ2v) is 8.88. The van der Waals surface area contributed by atoms with Crippen LogP contribution < -0.4 is 21.4 Å². The Hall–Kier alpha value is -3.96. The van der Waals surface area contributed by atoms with E-state index in [4.69, 9.17) is 16.3 Å². The van der Waals surface area contributed by atoms with Gasteiger partial charge in [-0.15, -0.1) is 0 Å². The van der Waals surface area contributed by atoms with Gasteiger partial charge in [-0.05, 0) is 59.9 Å². The Morgan fingerprint density at radius 3 is 2.47 bits per heavy atom. The number of hydrogen-bond acceptors (Lipinski definition) is 9. The van der Waals surface area contributed by atoms with Crippen LogP contribution in [0.5, 0.6) is 11.6 Å². The number of carbonyl (C=O) groups excluding carboxylic acids is 1. The van der Waals surface area contributed by atoms with Crippen molar-refractivity contribution in [2.24, 2.45) is 0 Å². The number of rotatable bonds is 9. The van der Waals surface area contributed by atoms with Crippen LogP contribution >= 0.6 is 23.1 Å². The molecule has 0 amide bonds. The van der Waals surface area contributed by atoms with Gasteiger partial charge >= 0.3 is 17.3 Å². The fourth-order valence-corrected chi connectivity index (χ4v) is 4.03. The number of halogens is 1. The van der Waals surface area contributed by atoms with Gasteiger partial charge < -0.3 is 14.8 Å². The fourth-order valence-electron chi connectivity index (χ4n) is 3.31. The Morgan fingerprint density at radius 1 is 1.08 bits per heavy atom. The van der Waals surface area contributed by atoms with Gasteiger partial charge in [0.25, 0.3) is 0 Å². The largest absolute Gasteiger partial charge is 0.465 e. The topological polar surface area (TPSA) is 117 Å². The molecule has 0 saturated carbocycles. The molecule has 0 saturated heterocycles. The fraction of sp³-hybridized carbons (Fsp3) is 0.208. The summed E-state index contributed by atoms with van der Waals surface area (Å²) < 4.78 is 17.0. The monoisotopic (exact) mass is 527 g/mol. The molecule has 36 heavy (non-hydrogen) atoms. The first kappa shape index (κ1) is 25.1. The van der Waals surface area contributed by atoms with Crippen molar-refractivity contribution in [3.8, 4) is 11.6 Å². The number of esters is 1. The molecule has 186 valence electrons. The summed E-state index contributed by atoms with van der Waals surface area (Å²) in [6.07, 6.45) is 0.617. The number of nitrogens with zero attached hydrogens (tertiary/aromatic N) is 4. The molecule has 0 aliphatic carbocycles. The molecule has 0 radical (unpaired) electrons. The van der Waals surface area contributed by atoms with E-state index in [0.717, 1.165) is 21.7 Å². The number of ether oxygens (including phenoxy) is 2. The molecule has 0 aliphatic heterocycles. The Balaban J connectivity index is 1.58. The van der Waals surface area contributed by atoms with Crippen LogP contribution in [0.2, 0.25) is 5.02 Å². The summed E-state index contributed by atoms with van der Waals surface area (Å²) in [6, 6.07) is 15.4. The van der Waals surface area contributed by atoms with Gasteiger partial charge in [-0.1, -0.05) is 30.7 Å². The number of nitrogens with one attached hydrogen (secondary N) is 1. The van der Waals surface area contributed by atoms with E-state index in [-0.39, 0.29) is 24.9 Å². The van der Waals surface area contributed by atoms with Crippen molar-refractivity contribution in [3.63, 3.8) is 0 Å². The van der Waals surface area contributed by atoms with Crippen LogP contribution in [-0.4, -0.2) is 31.6 Å². The van der Waals surface area contributed by atoms with E-state index in [9.17, 15) is 14.4 Å². The molecule has 0 unspecified atom stereocenters. The first-order valence-electron chi connectivity index (χ1n) is 10.9. The second-order valence-electron chi connectivity index (χ2n) is 7.64. The van der Waals surface area contributed by atoms with Crippen LogP contribution in [0.25, 0.3) is 0 Å². The van der Waals surface area contributed by atoms with Crippen molar-refractivity contribution >= 4 is 40.7 Å². The summed E-state index contributed by atoms with van der Waals surface area (Å²) in [5.74, 6) is 0.370. The molecule has 4 aromatic rings. The van der Waals surface area contributed by atoms with Crippen LogP contribution in [-0.2, 0) is 17.8 Å². The normalized spacial score (nSPS) is 10.8. The first-order valence-corrected chi connectivity index (χ1v) is 12.1. The number of hydrogen-bond donors (Lipinski definition) is 1. The standard InChI is InChI=1S/C24H22ClN5O5S/c1-3-12-29-23(32)27-22(30(24(29)33)14-15-4-6-16(25)7-5-15)26-17-8-10-18(11-9-17)35-20-13-19(36-28-20)21(31)34-2/h4-11,13H,3,12,14H2,1-2H3,(H,26,27,32). The molecule has 0 fully saturated rings. The lowest BCUT2D eigenvalue weighted by molar-refractivity contribution is 0.0606. The van der Waals surface area contributed by atoms with Crippen molar-refractivity contribution in [2.45, 2.75) is 26.4 Å². The summed E-state index contributed by atoms with van der Waals surface area (Å²) in [7, 11) is 1.30. The summed E-state index contributed by atoms with van der Waals surface area (Å²) in [4.78, 5) is 41.7. The van der Waals surface area contributed by atoms with Crippen molar-refractivity contribution in [2.75, 3.05) is 12.4 Å². The Labute approximate surface area is 214 Å². The molecule has 0 spiro atoms. The Kier molecular flexibility index (Phi) is 7.81. The van der Waals surface area contributed by atoms with E-state index in [1.54, 1.807) is 36.4 Å². The van der Waals surface area contributed by atoms with Crippen molar-refractivity contribution in [1.82, 2.24) is 18.5 Å². The molecular weight excluding hydrogens is 506 g/mol. The molecule has 1 N–H and O–H groups in total. The van der Waals surface area contributed by atoms with Crippen molar-refractivity contribution < 1.29 is 14.3 Å². The maximum absolute atomic E-state index is 13.2. The SMILES string of the molecule is CCCn1c(=O)nc(Nc2ccc(Oc3cc(C(=O)OC)sn3)cc2)n(Cc2ccc(Cl)cc2)c1=O. The third kappa shape index (κ3) is 5.81. The van der Waals surface area contributed by atoms with Gasteiger partial charge in [0.15, 0.2) is 0 Å². The molecule has 12 heteroatoms. The maximum atomic E-state index is 13.2. The molecule has 0 atom stereocenters. The summed E-state index contributed by atoms with van der Waals surface area (Å²) in [5, 5.41) is 3.64. The van der Waals surface area contributed by atoms with Crippen LogP contribution in [0, 0.1) is 0 Å². The highest BCUT2D eigenvalue weighted by atomic mass is 35.5. The number of benzene rings is 2. The van der Waals surface area contributed by atoms with Gasteiger partial charge in [0.05, 0.1) is 13.7 Å². The van der Waals surface area contributed by atoms with Gasteiger partial charge in [0.1, 0.15) is 10.6 Å². The van der Waals surface area contributed by atoms with E-state index < -0.39 is 17.3 Å². The second kappa shape index (κ2) is 11.2. The molecule has 2 aromatic heterocycles. The third-order valence-electron chi connectivity index (χ3n) is 5.06. The molecule has 0 bridgehead atoms. The Bertz CT molecular complexity index is 1480. The van der Waals surface area contributed by atoms with Crippen molar-refractivity contribution in [3.05, 3.63) is 91.0 Å². The number of carbonyl (C=O) groups is 1. The lowest BCUT2D eigenvalue weighted by Crippen LogP contribution is -2.42. The lowest BCUT2D eigenvalue weighted by atomic mass is 10.2. The molecule has 4 rings (SSSR count). The number of anilines is 2. The predicted molar refractivity (Wildman–Crippen MR) is 137 cm³/mol. The zero-order valence-electron chi connectivity index (χ0n) is 19.4. The van der Waals surface area contributed by atoms with Gasteiger partial charge in [-0.3, -0.25) is 4.57 Å². The Morgan fingerprint density at radius 2 is 1.81 bits per heavy atom. The highest BCUT2D eigenvalue weighted by molar-refractivity contribution is 7.08. The van der Waals surface area contributed by atoms with Crippen LogP contribution in [0.4, 0.5) is 11.6 Å². The lowest BCUT2D eigenvalue weighted by Gasteiger charge is -2.15. The molecule has 2 heterocycles. The minimum absolute atomic E-state index is 0.114. The van der Waals surface area contributed by atoms with Crippen LogP contribution in [0.15, 0.2) is 64.2 Å². The van der Waals surface area contributed by atoms with Gasteiger partial charge in [0, 0.05) is 23.3 Å². The molecule has 2 aromatic carbocycles. The van der Waals surface area contributed by atoms with Gasteiger partial charge in [-0.25, -0.2) is 19.0 Å².